The summed E-state index contributed by atoms with van der Waals surface area (Å²) in [6.07, 6.45) is 3.46. The van der Waals surface area contributed by atoms with Gasteiger partial charge in [-0.1, -0.05) is 24.6 Å². The molecular formula is C15H16N2O2. The minimum Gasteiger partial charge on any atom is -0.311 e. The lowest BCUT2D eigenvalue weighted by molar-refractivity contribution is -0.120. The molecule has 19 heavy (non-hydrogen) atoms. The molecule has 1 aromatic rings. The van der Waals surface area contributed by atoms with Gasteiger partial charge in [0.05, 0.1) is 5.69 Å². The predicted molar refractivity (Wildman–Crippen MR) is 70.6 cm³/mol. The summed E-state index contributed by atoms with van der Waals surface area (Å²) in [6, 6.07) is 8.93. The minimum absolute atomic E-state index is 0.0226. The van der Waals surface area contributed by atoms with Crippen molar-refractivity contribution >= 4 is 17.6 Å². The van der Waals surface area contributed by atoms with Crippen molar-refractivity contribution in [3.8, 4) is 0 Å². The molecule has 4 heteroatoms. The van der Waals surface area contributed by atoms with E-state index in [2.05, 4.69) is 0 Å². The molecule has 0 N–H and O–H groups in total. The summed E-state index contributed by atoms with van der Waals surface area (Å²) in [5.74, 6) is 0.923. The van der Waals surface area contributed by atoms with E-state index in [0.717, 1.165) is 13.0 Å². The molecule has 0 radical (unpaired) electrons. The first kappa shape index (κ1) is 11.0. The van der Waals surface area contributed by atoms with Crippen molar-refractivity contribution in [2.75, 3.05) is 11.4 Å². The molecule has 3 fully saturated rings. The van der Waals surface area contributed by atoms with Gasteiger partial charge in [-0.2, -0.15) is 0 Å². The summed E-state index contributed by atoms with van der Waals surface area (Å²) in [6.45, 7) is 0.767. The number of fused-ring (bicyclic) bond motifs is 3. The maximum atomic E-state index is 12.6. The van der Waals surface area contributed by atoms with Gasteiger partial charge >= 0.3 is 6.03 Å². The van der Waals surface area contributed by atoms with Crippen molar-refractivity contribution in [2.45, 2.75) is 25.3 Å². The summed E-state index contributed by atoms with van der Waals surface area (Å²) in [5.41, 5.74) is 0.696. The smallest absolute Gasteiger partial charge is 0.311 e. The highest BCUT2D eigenvalue weighted by Crippen LogP contribution is 2.46. The molecule has 1 aromatic carbocycles. The van der Waals surface area contributed by atoms with E-state index in [-0.39, 0.29) is 18.0 Å². The average molecular weight is 256 g/mol. The Hall–Kier alpha value is -1.84. The van der Waals surface area contributed by atoms with E-state index in [1.54, 1.807) is 4.90 Å². The number of nitrogens with zero attached hydrogens (tertiary/aromatic N) is 2. The summed E-state index contributed by atoms with van der Waals surface area (Å²) < 4.78 is 0. The van der Waals surface area contributed by atoms with E-state index in [4.69, 9.17) is 0 Å². The molecule has 3 amide bonds. The van der Waals surface area contributed by atoms with Gasteiger partial charge in [0.15, 0.2) is 0 Å². The van der Waals surface area contributed by atoms with E-state index in [1.807, 2.05) is 30.3 Å². The predicted octanol–water partition coefficient (Wildman–Crippen LogP) is 2.25. The number of para-hydroxylation sites is 1. The topological polar surface area (TPSA) is 40.6 Å². The van der Waals surface area contributed by atoms with Gasteiger partial charge in [0.25, 0.3) is 5.91 Å². The third-order valence-electron chi connectivity index (χ3n) is 4.82. The van der Waals surface area contributed by atoms with Crippen molar-refractivity contribution in [1.82, 2.24) is 4.90 Å². The van der Waals surface area contributed by atoms with Crippen LogP contribution in [0.5, 0.6) is 0 Å². The number of benzene rings is 1. The van der Waals surface area contributed by atoms with Crippen molar-refractivity contribution in [3.63, 3.8) is 0 Å². The lowest BCUT2D eigenvalue weighted by atomic mass is 9.93. The van der Waals surface area contributed by atoms with Gasteiger partial charge in [-0.25, -0.2) is 9.69 Å². The number of hydrogen-bond donors (Lipinski definition) is 0. The fourth-order valence-electron chi connectivity index (χ4n) is 3.99. The molecule has 2 saturated heterocycles. The second-order valence-corrected chi connectivity index (χ2v) is 5.74. The van der Waals surface area contributed by atoms with Gasteiger partial charge in [0.1, 0.15) is 6.04 Å². The Balaban J connectivity index is 1.71. The van der Waals surface area contributed by atoms with E-state index in [0.29, 0.717) is 17.5 Å². The second kappa shape index (κ2) is 3.83. The molecule has 98 valence electrons. The first-order chi connectivity index (χ1) is 9.27. The molecule has 3 atom stereocenters. The van der Waals surface area contributed by atoms with Crippen LogP contribution in [0.3, 0.4) is 0 Å². The summed E-state index contributed by atoms with van der Waals surface area (Å²) in [5, 5.41) is 0. The standard InChI is InChI=1S/C15H16N2O2/c18-14-13-12-8-4-5-10(12)9-16(13)15(19)17(14)11-6-2-1-3-7-11/h1-3,6-7,10,12-13H,4-5,8-9H2. The van der Waals surface area contributed by atoms with Crippen LogP contribution in [-0.4, -0.2) is 29.4 Å². The number of rotatable bonds is 1. The largest absolute Gasteiger partial charge is 0.332 e. The molecule has 2 heterocycles. The summed E-state index contributed by atoms with van der Waals surface area (Å²) in [7, 11) is 0. The van der Waals surface area contributed by atoms with E-state index >= 15 is 0 Å². The third kappa shape index (κ3) is 1.40. The fourth-order valence-corrected chi connectivity index (χ4v) is 3.99. The first-order valence-corrected chi connectivity index (χ1v) is 6.97. The quantitative estimate of drug-likeness (QED) is 0.723. The third-order valence-corrected chi connectivity index (χ3v) is 4.82. The normalized spacial score (nSPS) is 32.9. The zero-order chi connectivity index (χ0) is 13.0. The lowest BCUT2D eigenvalue weighted by Crippen LogP contribution is -2.34. The van der Waals surface area contributed by atoms with Gasteiger partial charge in [0.2, 0.25) is 0 Å². The van der Waals surface area contributed by atoms with Crippen LogP contribution in [0, 0.1) is 11.8 Å². The Morgan fingerprint density at radius 1 is 1.05 bits per heavy atom. The lowest BCUT2D eigenvalue weighted by Gasteiger charge is -2.17. The number of anilines is 1. The molecule has 4 nitrogen and oxygen atoms in total. The molecule has 0 spiro atoms. The van der Waals surface area contributed by atoms with Crippen molar-refractivity contribution in [3.05, 3.63) is 30.3 Å². The SMILES string of the molecule is O=C1C2C3CCCC3CN2C(=O)N1c1ccccc1. The zero-order valence-corrected chi connectivity index (χ0v) is 10.7. The molecule has 4 rings (SSSR count). The first-order valence-electron chi connectivity index (χ1n) is 6.97. The molecular weight excluding hydrogens is 240 g/mol. The van der Waals surface area contributed by atoms with Crippen LogP contribution in [0.25, 0.3) is 0 Å². The van der Waals surface area contributed by atoms with Crippen LogP contribution in [0.4, 0.5) is 10.5 Å². The fraction of sp³-hybridized carbons (Fsp3) is 0.467. The van der Waals surface area contributed by atoms with Crippen molar-refractivity contribution < 1.29 is 9.59 Å². The zero-order valence-electron chi connectivity index (χ0n) is 10.7. The van der Waals surface area contributed by atoms with E-state index in [1.165, 1.54) is 17.7 Å². The number of amides is 3. The number of hydrogen-bond acceptors (Lipinski definition) is 2. The average Bonchev–Trinajstić information content (AvgIpc) is 3.04. The van der Waals surface area contributed by atoms with Gasteiger partial charge < -0.3 is 4.90 Å². The number of carbonyl (C=O) groups excluding carboxylic acids is 2. The Morgan fingerprint density at radius 3 is 2.63 bits per heavy atom. The van der Waals surface area contributed by atoms with Crippen LogP contribution in [0.1, 0.15) is 19.3 Å². The van der Waals surface area contributed by atoms with Gasteiger partial charge in [-0.15, -0.1) is 0 Å². The summed E-state index contributed by atoms with van der Waals surface area (Å²) in [4.78, 5) is 28.2. The molecule has 2 aliphatic heterocycles. The minimum atomic E-state index is -0.194. The van der Waals surface area contributed by atoms with Crippen LogP contribution >= 0.6 is 0 Å². The second-order valence-electron chi connectivity index (χ2n) is 5.74. The Bertz CT molecular complexity index is 542. The van der Waals surface area contributed by atoms with Crippen LogP contribution in [-0.2, 0) is 4.79 Å². The Labute approximate surface area is 112 Å². The number of urea groups is 1. The van der Waals surface area contributed by atoms with Crippen molar-refractivity contribution in [2.24, 2.45) is 11.8 Å². The number of carbonyl (C=O) groups is 2. The highest BCUT2D eigenvalue weighted by Gasteiger charge is 2.57. The van der Waals surface area contributed by atoms with E-state index in [9.17, 15) is 9.59 Å². The highest BCUT2D eigenvalue weighted by molar-refractivity contribution is 6.21. The van der Waals surface area contributed by atoms with Crippen LogP contribution in [0.15, 0.2) is 30.3 Å². The number of imide groups is 1. The Kier molecular flexibility index (Phi) is 2.22. The molecule has 0 bridgehead atoms. The molecule has 3 unspecified atom stereocenters. The maximum Gasteiger partial charge on any atom is 0.332 e. The van der Waals surface area contributed by atoms with Crippen LogP contribution in [0.2, 0.25) is 0 Å². The van der Waals surface area contributed by atoms with Gasteiger partial charge in [-0.05, 0) is 36.8 Å². The highest BCUT2D eigenvalue weighted by atomic mass is 16.2. The van der Waals surface area contributed by atoms with E-state index < -0.39 is 0 Å². The van der Waals surface area contributed by atoms with Gasteiger partial charge in [0, 0.05) is 6.54 Å². The van der Waals surface area contributed by atoms with Crippen molar-refractivity contribution in [1.29, 1.82) is 0 Å². The molecule has 1 aliphatic carbocycles. The maximum absolute atomic E-state index is 12.6. The van der Waals surface area contributed by atoms with Gasteiger partial charge in [-0.3, -0.25) is 4.79 Å². The monoisotopic (exact) mass is 256 g/mol. The summed E-state index contributed by atoms with van der Waals surface area (Å²) >= 11 is 0. The van der Waals surface area contributed by atoms with Crippen LogP contribution < -0.4 is 4.90 Å². The Morgan fingerprint density at radius 2 is 1.84 bits per heavy atom. The molecule has 1 saturated carbocycles. The molecule has 3 aliphatic rings. The molecule has 0 aromatic heterocycles.